The summed E-state index contributed by atoms with van der Waals surface area (Å²) in [7, 11) is 0. The molecule has 1 atom stereocenters. The van der Waals surface area contributed by atoms with Crippen molar-refractivity contribution in [3.05, 3.63) is 29.3 Å². The van der Waals surface area contributed by atoms with Crippen LogP contribution in [0, 0.1) is 12.8 Å². The Labute approximate surface area is 115 Å². The summed E-state index contributed by atoms with van der Waals surface area (Å²) < 4.78 is 38.4. The van der Waals surface area contributed by atoms with Gasteiger partial charge in [0.25, 0.3) is 0 Å². The SMILES string of the molecule is Cc1ccc(NC(=O)C(C)(N)C2CC2)cc1C(F)(F)F. The van der Waals surface area contributed by atoms with E-state index in [9.17, 15) is 18.0 Å². The van der Waals surface area contributed by atoms with Crippen molar-refractivity contribution in [1.82, 2.24) is 0 Å². The van der Waals surface area contributed by atoms with E-state index in [1.165, 1.54) is 19.1 Å². The average molecular weight is 286 g/mol. The van der Waals surface area contributed by atoms with Crippen LogP contribution in [0.2, 0.25) is 0 Å². The lowest BCUT2D eigenvalue weighted by molar-refractivity contribution is -0.138. The lowest BCUT2D eigenvalue weighted by Crippen LogP contribution is -2.50. The molecule has 0 aliphatic heterocycles. The third kappa shape index (κ3) is 2.95. The van der Waals surface area contributed by atoms with Gasteiger partial charge in [0.2, 0.25) is 5.91 Å². The van der Waals surface area contributed by atoms with Gasteiger partial charge in [-0.3, -0.25) is 4.79 Å². The van der Waals surface area contributed by atoms with Crippen LogP contribution in [0.1, 0.15) is 30.9 Å². The van der Waals surface area contributed by atoms with E-state index in [0.29, 0.717) is 0 Å². The van der Waals surface area contributed by atoms with Crippen LogP contribution in [-0.4, -0.2) is 11.4 Å². The summed E-state index contributed by atoms with van der Waals surface area (Å²) in [4.78, 5) is 12.0. The zero-order valence-electron chi connectivity index (χ0n) is 11.3. The first kappa shape index (κ1) is 14.8. The Balaban J connectivity index is 2.20. The van der Waals surface area contributed by atoms with E-state index in [1.807, 2.05) is 0 Å². The van der Waals surface area contributed by atoms with Crippen LogP contribution in [0.15, 0.2) is 18.2 Å². The Morgan fingerprint density at radius 3 is 2.45 bits per heavy atom. The number of carbonyl (C=O) groups is 1. The number of halogens is 3. The number of amides is 1. The molecule has 0 spiro atoms. The van der Waals surface area contributed by atoms with Crippen molar-refractivity contribution in [2.75, 3.05) is 5.32 Å². The van der Waals surface area contributed by atoms with Gasteiger partial charge in [-0.15, -0.1) is 0 Å². The highest BCUT2D eigenvalue weighted by Gasteiger charge is 2.44. The van der Waals surface area contributed by atoms with Crippen LogP contribution in [0.25, 0.3) is 0 Å². The van der Waals surface area contributed by atoms with Gasteiger partial charge in [0.05, 0.1) is 11.1 Å². The number of rotatable bonds is 3. The number of carbonyl (C=O) groups excluding carboxylic acids is 1. The lowest BCUT2D eigenvalue weighted by Gasteiger charge is -2.23. The third-order valence-electron chi connectivity index (χ3n) is 3.72. The number of alkyl halides is 3. The van der Waals surface area contributed by atoms with E-state index in [1.54, 1.807) is 6.92 Å². The molecule has 0 saturated heterocycles. The predicted molar refractivity (Wildman–Crippen MR) is 70.1 cm³/mol. The summed E-state index contributed by atoms with van der Waals surface area (Å²) >= 11 is 0. The Morgan fingerprint density at radius 1 is 1.35 bits per heavy atom. The summed E-state index contributed by atoms with van der Waals surface area (Å²) in [6, 6.07) is 3.73. The minimum absolute atomic E-state index is 0.107. The molecule has 1 aliphatic rings. The maximum absolute atomic E-state index is 12.8. The first-order valence-electron chi connectivity index (χ1n) is 6.40. The number of hydrogen-bond donors (Lipinski definition) is 2. The van der Waals surface area contributed by atoms with Crippen LogP contribution < -0.4 is 11.1 Å². The summed E-state index contributed by atoms with van der Waals surface area (Å²) in [6.07, 6.45) is -2.68. The largest absolute Gasteiger partial charge is 0.416 e. The average Bonchev–Trinajstić information content (AvgIpc) is 3.14. The molecule has 20 heavy (non-hydrogen) atoms. The second kappa shape index (κ2) is 4.77. The Kier molecular flexibility index (Phi) is 3.54. The van der Waals surface area contributed by atoms with E-state index in [4.69, 9.17) is 5.73 Å². The lowest BCUT2D eigenvalue weighted by atomic mass is 9.96. The van der Waals surface area contributed by atoms with Crippen LogP contribution in [0.4, 0.5) is 18.9 Å². The fourth-order valence-electron chi connectivity index (χ4n) is 2.14. The van der Waals surface area contributed by atoms with Crippen molar-refractivity contribution in [3.63, 3.8) is 0 Å². The molecule has 1 aliphatic carbocycles. The minimum Gasteiger partial charge on any atom is -0.324 e. The number of anilines is 1. The molecule has 0 heterocycles. The van der Waals surface area contributed by atoms with Crippen molar-refractivity contribution in [2.45, 2.75) is 38.4 Å². The molecule has 1 fully saturated rings. The summed E-state index contributed by atoms with van der Waals surface area (Å²) in [5.74, 6) is -0.341. The molecule has 0 radical (unpaired) electrons. The number of hydrogen-bond acceptors (Lipinski definition) is 2. The predicted octanol–water partition coefficient (Wildman–Crippen LogP) is 3.08. The maximum atomic E-state index is 12.8. The monoisotopic (exact) mass is 286 g/mol. The molecule has 1 unspecified atom stereocenters. The fourth-order valence-corrected chi connectivity index (χ4v) is 2.14. The second-order valence-electron chi connectivity index (χ2n) is 5.54. The standard InChI is InChI=1S/C14H17F3N2O/c1-8-3-6-10(7-11(8)14(15,16)17)19-12(20)13(2,18)9-4-5-9/h3,6-7,9H,4-5,18H2,1-2H3,(H,19,20). The molecular formula is C14H17F3N2O. The van der Waals surface area contributed by atoms with E-state index in [-0.39, 0.29) is 17.2 Å². The minimum atomic E-state index is -4.44. The van der Waals surface area contributed by atoms with Crippen molar-refractivity contribution >= 4 is 11.6 Å². The van der Waals surface area contributed by atoms with Crippen molar-refractivity contribution in [2.24, 2.45) is 11.7 Å². The van der Waals surface area contributed by atoms with Crippen LogP contribution in [0.5, 0.6) is 0 Å². The molecule has 1 aromatic rings. The highest BCUT2D eigenvalue weighted by molar-refractivity contribution is 5.98. The van der Waals surface area contributed by atoms with Gasteiger partial charge in [0, 0.05) is 5.69 Å². The Bertz CT molecular complexity index is 534. The van der Waals surface area contributed by atoms with E-state index >= 15 is 0 Å². The van der Waals surface area contributed by atoms with Crippen molar-refractivity contribution in [3.8, 4) is 0 Å². The number of nitrogens with two attached hydrogens (primary N) is 1. The highest BCUT2D eigenvalue weighted by Crippen LogP contribution is 2.39. The van der Waals surface area contributed by atoms with Crippen LogP contribution in [0.3, 0.4) is 0 Å². The molecule has 3 nitrogen and oxygen atoms in total. The van der Waals surface area contributed by atoms with Crippen molar-refractivity contribution < 1.29 is 18.0 Å². The topological polar surface area (TPSA) is 55.1 Å². The Morgan fingerprint density at radius 2 is 1.95 bits per heavy atom. The van der Waals surface area contributed by atoms with E-state index in [2.05, 4.69) is 5.32 Å². The van der Waals surface area contributed by atoms with Gasteiger partial charge in [0.1, 0.15) is 0 Å². The zero-order chi connectivity index (χ0) is 15.1. The third-order valence-corrected chi connectivity index (χ3v) is 3.72. The van der Waals surface area contributed by atoms with Gasteiger partial charge in [-0.2, -0.15) is 13.2 Å². The summed E-state index contributed by atoms with van der Waals surface area (Å²) in [5, 5.41) is 2.48. The molecule has 1 amide bonds. The zero-order valence-corrected chi connectivity index (χ0v) is 11.3. The van der Waals surface area contributed by atoms with Crippen LogP contribution >= 0.6 is 0 Å². The van der Waals surface area contributed by atoms with Gasteiger partial charge in [-0.05, 0) is 50.3 Å². The van der Waals surface area contributed by atoms with E-state index in [0.717, 1.165) is 18.9 Å². The molecule has 3 N–H and O–H groups in total. The molecule has 6 heteroatoms. The first-order chi connectivity index (χ1) is 9.12. The second-order valence-corrected chi connectivity index (χ2v) is 5.54. The molecule has 110 valence electrons. The normalized spacial score (nSPS) is 18.5. The van der Waals surface area contributed by atoms with Gasteiger partial charge in [-0.1, -0.05) is 6.07 Å². The van der Waals surface area contributed by atoms with Crippen LogP contribution in [-0.2, 0) is 11.0 Å². The summed E-state index contributed by atoms with van der Waals surface area (Å²) in [6.45, 7) is 2.99. The molecule has 2 rings (SSSR count). The number of nitrogens with one attached hydrogen (secondary N) is 1. The number of benzene rings is 1. The highest BCUT2D eigenvalue weighted by atomic mass is 19.4. The smallest absolute Gasteiger partial charge is 0.324 e. The fraction of sp³-hybridized carbons (Fsp3) is 0.500. The molecule has 0 bridgehead atoms. The Hall–Kier alpha value is -1.56. The maximum Gasteiger partial charge on any atom is 0.416 e. The molecule has 0 aromatic heterocycles. The number of aryl methyl sites for hydroxylation is 1. The van der Waals surface area contributed by atoms with Gasteiger partial charge in [0.15, 0.2) is 0 Å². The van der Waals surface area contributed by atoms with E-state index < -0.39 is 23.2 Å². The summed E-state index contributed by atoms with van der Waals surface area (Å²) in [5.41, 5.74) is 4.38. The van der Waals surface area contributed by atoms with Gasteiger partial charge >= 0.3 is 6.18 Å². The molecule has 1 saturated carbocycles. The first-order valence-corrected chi connectivity index (χ1v) is 6.40. The molecular weight excluding hydrogens is 269 g/mol. The van der Waals surface area contributed by atoms with Gasteiger partial charge in [-0.25, -0.2) is 0 Å². The van der Waals surface area contributed by atoms with Gasteiger partial charge < -0.3 is 11.1 Å². The molecule has 1 aromatic carbocycles. The quantitative estimate of drug-likeness (QED) is 0.897. The van der Waals surface area contributed by atoms with Crippen molar-refractivity contribution in [1.29, 1.82) is 0 Å².